The molecule has 1 rings (SSSR count). The van der Waals surface area contributed by atoms with Crippen LogP contribution < -0.4 is 0 Å². The molecule has 1 heterocycles. The first-order chi connectivity index (χ1) is 3.93. The fourth-order valence-corrected chi connectivity index (χ4v) is 0.458. The Morgan fingerprint density at radius 2 is 2.75 bits per heavy atom. The molecule has 0 spiro atoms. The molecular formula is C4H6N4. The number of hydrogen-bond acceptors (Lipinski definition) is 3. The summed E-state index contributed by atoms with van der Waals surface area (Å²) in [6.07, 6.45) is 1.64. The van der Waals surface area contributed by atoms with E-state index in [0.717, 1.165) is 5.69 Å². The Hall–Kier alpha value is -1.19. The van der Waals surface area contributed by atoms with Gasteiger partial charge in [-0.05, 0) is 6.07 Å². The minimum Gasteiger partial charge on any atom is -0.281 e. The van der Waals surface area contributed by atoms with E-state index < -0.39 is 0 Å². The average molecular weight is 110 g/mol. The van der Waals surface area contributed by atoms with Crippen molar-refractivity contribution in [3.63, 3.8) is 0 Å². The van der Waals surface area contributed by atoms with Crippen molar-refractivity contribution in [3.05, 3.63) is 18.0 Å². The first kappa shape index (κ1) is 4.96. The second kappa shape index (κ2) is 2.20. The first-order valence-corrected chi connectivity index (χ1v) is 2.25. The molecule has 0 saturated carbocycles. The van der Waals surface area contributed by atoms with E-state index in [0.29, 0.717) is 6.54 Å². The largest absolute Gasteiger partial charge is 0.281 e. The lowest BCUT2D eigenvalue weighted by Gasteiger charge is -1.80. The molecular weight excluding hydrogens is 104 g/mol. The van der Waals surface area contributed by atoms with E-state index in [1.54, 1.807) is 12.3 Å². The van der Waals surface area contributed by atoms with Crippen molar-refractivity contribution in [2.45, 2.75) is 6.54 Å². The van der Waals surface area contributed by atoms with Crippen molar-refractivity contribution >= 4 is 0 Å². The van der Waals surface area contributed by atoms with Gasteiger partial charge in [-0.15, -0.1) is 0 Å². The van der Waals surface area contributed by atoms with E-state index in [1.807, 2.05) is 0 Å². The molecule has 0 radical (unpaired) electrons. The summed E-state index contributed by atoms with van der Waals surface area (Å²) >= 11 is 0. The van der Waals surface area contributed by atoms with Crippen LogP contribution in [0.25, 0.3) is 0 Å². The van der Waals surface area contributed by atoms with Crippen LogP contribution in [0.5, 0.6) is 0 Å². The van der Waals surface area contributed by atoms with Crippen molar-refractivity contribution in [2.24, 2.45) is 5.11 Å². The molecule has 0 unspecified atom stereocenters. The normalized spacial score (nSPS) is 9.00. The molecule has 0 atom stereocenters. The Labute approximate surface area is 46.4 Å². The number of aromatic nitrogens is 2. The standard InChI is InChI=1S/C4H6N4/c5-6-3-4-1-2-7-8-4/h1-2,5H,3H2,(H,7,8). The molecule has 0 aliphatic heterocycles. The number of rotatable bonds is 2. The Morgan fingerprint density at radius 1 is 1.88 bits per heavy atom. The van der Waals surface area contributed by atoms with Crippen LogP contribution in [-0.2, 0) is 6.54 Å². The number of H-pyrrole nitrogens is 1. The van der Waals surface area contributed by atoms with Gasteiger partial charge in [-0.1, -0.05) is 0 Å². The molecule has 0 aromatic carbocycles. The molecule has 1 aromatic heterocycles. The molecule has 2 N–H and O–H groups in total. The summed E-state index contributed by atoms with van der Waals surface area (Å²) in [4.78, 5) is 0. The third kappa shape index (κ3) is 0.900. The van der Waals surface area contributed by atoms with Gasteiger partial charge < -0.3 is 0 Å². The minimum absolute atomic E-state index is 0.403. The van der Waals surface area contributed by atoms with Crippen LogP contribution in [0.4, 0.5) is 0 Å². The zero-order valence-corrected chi connectivity index (χ0v) is 4.26. The molecule has 8 heavy (non-hydrogen) atoms. The Morgan fingerprint density at radius 3 is 3.25 bits per heavy atom. The Balaban J connectivity index is 2.62. The molecule has 0 amide bonds. The Kier molecular flexibility index (Phi) is 1.37. The monoisotopic (exact) mass is 110 g/mol. The number of hydrogen-bond donors (Lipinski definition) is 2. The molecule has 4 nitrogen and oxygen atoms in total. The molecule has 0 aliphatic rings. The number of nitrogens with one attached hydrogen (secondary N) is 2. The molecule has 0 aliphatic carbocycles. The lowest BCUT2D eigenvalue weighted by Crippen LogP contribution is -1.77. The van der Waals surface area contributed by atoms with Gasteiger partial charge in [0, 0.05) is 6.20 Å². The molecule has 0 bridgehead atoms. The molecule has 4 heteroatoms. The average Bonchev–Trinajstić information content (AvgIpc) is 2.19. The van der Waals surface area contributed by atoms with E-state index in [-0.39, 0.29) is 0 Å². The molecule has 42 valence electrons. The van der Waals surface area contributed by atoms with Crippen molar-refractivity contribution in [2.75, 3.05) is 0 Å². The third-order valence-corrected chi connectivity index (χ3v) is 0.808. The van der Waals surface area contributed by atoms with Crippen LogP contribution in [-0.4, -0.2) is 10.2 Å². The zero-order valence-electron chi connectivity index (χ0n) is 4.26. The van der Waals surface area contributed by atoms with Gasteiger partial charge in [0.15, 0.2) is 0 Å². The van der Waals surface area contributed by atoms with Gasteiger partial charge in [-0.2, -0.15) is 10.2 Å². The van der Waals surface area contributed by atoms with Crippen LogP contribution >= 0.6 is 0 Å². The Bertz CT molecular complexity index is 155. The maximum Gasteiger partial charge on any atom is 0.101 e. The second-order valence-electron chi connectivity index (χ2n) is 1.40. The van der Waals surface area contributed by atoms with Gasteiger partial charge in [-0.25, -0.2) is 5.53 Å². The maximum absolute atomic E-state index is 6.46. The van der Waals surface area contributed by atoms with Crippen LogP contribution in [0.15, 0.2) is 17.4 Å². The quantitative estimate of drug-likeness (QED) is 0.546. The van der Waals surface area contributed by atoms with E-state index in [1.165, 1.54) is 0 Å². The minimum atomic E-state index is 0.403. The predicted octanol–water partition coefficient (Wildman–Crippen LogP) is 0.941. The molecule has 0 saturated heterocycles. The zero-order chi connectivity index (χ0) is 5.82. The number of aromatic amines is 1. The van der Waals surface area contributed by atoms with E-state index in [4.69, 9.17) is 5.53 Å². The van der Waals surface area contributed by atoms with E-state index in [2.05, 4.69) is 15.3 Å². The molecule has 0 fully saturated rings. The summed E-state index contributed by atoms with van der Waals surface area (Å²) < 4.78 is 0. The maximum atomic E-state index is 6.46. The van der Waals surface area contributed by atoms with Crippen molar-refractivity contribution in [3.8, 4) is 0 Å². The van der Waals surface area contributed by atoms with Crippen molar-refractivity contribution < 1.29 is 0 Å². The highest BCUT2D eigenvalue weighted by Gasteiger charge is 1.86. The van der Waals surface area contributed by atoms with Gasteiger partial charge in [0.2, 0.25) is 0 Å². The van der Waals surface area contributed by atoms with Crippen molar-refractivity contribution in [1.29, 1.82) is 5.53 Å². The molecule has 1 aromatic rings. The van der Waals surface area contributed by atoms with Gasteiger partial charge in [0.1, 0.15) is 6.54 Å². The summed E-state index contributed by atoms with van der Waals surface area (Å²) in [5.41, 5.74) is 7.33. The van der Waals surface area contributed by atoms with E-state index in [9.17, 15) is 0 Å². The number of nitrogens with zero attached hydrogens (tertiary/aromatic N) is 2. The summed E-state index contributed by atoms with van der Waals surface area (Å²) in [6, 6.07) is 1.79. The van der Waals surface area contributed by atoms with Crippen LogP contribution in [0.2, 0.25) is 0 Å². The summed E-state index contributed by atoms with van der Waals surface area (Å²) in [7, 11) is 0. The van der Waals surface area contributed by atoms with Gasteiger partial charge in [0.25, 0.3) is 0 Å². The highest BCUT2D eigenvalue weighted by molar-refractivity contribution is 4.95. The lowest BCUT2D eigenvalue weighted by atomic mass is 10.4. The fourth-order valence-electron chi connectivity index (χ4n) is 0.458. The predicted molar refractivity (Wildman–Crippen MR) is 27.4 cm³/mol. The highest BCUT2D eigenvalue weighted by Crippen LogP contribution is 1.91. The fraction of sp³-hybridized carbons (Fsp3) is 0.250. The summed E-state index contributed by atoms with van der Waals surface area (Å²) in [6.45, 7) is 0.403. The van der Waals surface area contributed by atoms with Gasteiger partial charge in [0.05, 0.1) is 5.69 Å². The first-order valence-electron chi connectivity index (χ1n) is 2.25. The van der Waals surface area contributed by atoms with Crippen LogP contribution in [0.1, 0.15) is 5.69 Å². The smallest absolute Gasteiger partial charge is 0.101 e. The third-order valence-electron chi connectivity index (χ3n) is 0.808. The SMILES string of the molecule is N=NCc1ccn[nH]1. The summed E-state index contributed by atoms with van der Waals surface area (Å²) in [5, 5.41) is 9.50. The second-order valence-corrected chi connectivity index (χ2v) is 1.40. The topological polar surface area (TPSA) is 64.9 Å². The van der Waals surface area contributed by atoms with Crippen LogP contribution in [0.3, 0.4) is 0 Å². The van der Waals surface area contributed by atoms with Crippen molar-refractivity contribution in [1.82, 2.24) is 10.2 Å². The lowest BCUT2D eigenvalue weighted by molar-refractivity contribution is 0.860. The van der Waals surface area contributed by atoms with Gasteiger partial charge >= 0.3 is 0 Å². The highest BCUT2D eigenvalue weighted by atomic mass is 15.1. The van der Waals surface area contributed by atoms with Crippen LogP contribution in [0, 0.1) is 5.53 Å². The van der Waals surface area contributed by atoms with E-state index >= 15 is 0 Å². The summed E-state index contributed by atoms with van der Waals surface area (Å²) in [5.74, 6) is 0. The van der Waals surface area contributed by atoms with Gasteiger partial charge in [-0.3, -0.25) is 5.10 Å².